The van der Waals surface area contributed by atoms with Gasteiger partial charge in [-0.2, -0.15) is 0 Å². The highest BCUT2D eigenvalue weighted by Gasteiger charge is 2.29. The van der Waals surface area contributed by atoms with E-state index in [1.165, 1.54) is 0 Å². The molecule has 3 rings (SSSR count). The summed E-state index contributed by atoms with van der Waals surface area (Å²) >= 11 is 0. The van der Waals surface area contributed by atoms with Gasteiger partial charge in [-0.25, -0.2) is 0 Å². The van der Waals surface area contributed by atoms with E-state index < -0.39 is 0 Å². The lowest BCUT2D eigenvalue weighted by Crippen LogP contribution is -2.13. The van der Waals surface area contributed by atoms with Crippen molar-refractivity contribution in [3.05, 3.63) is 48.0 Å². The number of carbonyl (C=O) groups excluding carboxylic acids is 1. The molecule has 126 valence electrons. The van der Waals surface area contributed by atoms with Gasteiger partial charge in [-0.1, -0.05) is 6.07 Å². The Kier molecular flexibility index (Phi) is 4.89. The molecule has 1 amide bonds. The first-order chi connectivity index (χ1) is 11.7. The number of anilines is 2. The standard InChI is InChI=1S/C19H22N2O3/c1-23-17-10-3-13(11-18(17)24-2)12-20-15-6-8-16(9-7-15)21-19(22)14-4-5-14/h3,6-11,14,20H,4-5,12H2,1-2H3,(H,21,22). The Morgan fingerprint density at radius 1 is 1.00 bits per heavy atom. The molecule has 0 saturated heterocycles. The topological polar surface area (TPSA) is 59.6 Å². The molecule has 24 heavy (non-hydrogen) atoms. The minimum Gasteiger partial charge on any atom is -0.493 e. The highest BCUT2D eigenvalue weighted by Crippen LogP contribution is 2.30. The highest BCUT2D eigenvalue weighted by atomic mass is 16.5. The summed E-state index contributed by atoms with van der Waals surface area (Å²) in [6.07, 6.45) is 2.02. The van der Waals surface area contributed by atoms with Crippen LogP contribution in [0.15, 0.2) is 42.5 Å². The molecule has 5 nitrogen and oxygen atoms in total. The van der Waals surface area contributed by atoms with E-state index in [2.05, 4.69) is 10.6 Å². The number of hydrogen-bond donors (Lipinski definition) is 2. The van der Waals surface area contributed by atoms with Crippen molar-refractivity contribution in [1.82, 2.24) is 0 Å². The molecule has 5 heteroatoms. The van der Waals surface area contributed by atoms with Gasteiger partial charge in [-0.15, -0.1) is 0 Å². The van der Waals surface area contributed by atoms with Crippen LogP contribution in [0.1, 0.15) is 18.4 Å². The van der Waals surface area contributed by atoms with Crippen LogP contribution in [0.4, 0.5) is 11.4 Å². The van der Waals surface area contributed by atoms with Crippen molar-refractivity contribution in [2.75, 3.05) is 24.9 Å². The lowest BCUT2D eigenvalue weighted by Gasteiger charge is -2.11. The Morgan fingerprint density at radius 3 is 2.29 bits per heavy atom. The second-order valence-corrected chi connectivity index (χ2v) is 5.88. The first-order valence-corrected chi connectivity index (χ1v) is 8.05. The van der Waals surface area contributed by atoms with Crippen molar-refractivity contribution < 1.29 is 14.3 Å². The molecule has 0 bridgehead atoms. The van der Waals surface area contributed by atoms with Gasteiger partial charge in [0.05, 0.1) is 14.2 Å². The summed E-state index contributed by atoms with van der Waals surface area (Å²) in [5, 5.41) is 6.29. The van der Waals surface area contributed by atoms with Crippen molar-refractivity contribution in [3.8, 4) is 11.5 Å². The SMILES string of the molecule is COc1ccc(CNc2ccc(NC(=O)C3CC3)cc2)cc1OC. The van der Waals surface area contributed by atoms with Gasteiger partial charge >= 0.3 is 0 Å². The molecule has 0 spiro atoms. The van der Waals surface area contributed by atoms with Crippen molar-refractivity contribution in [2.45, 2.75) is 19.4 Å². The lowest BCUT2D eigenvalue weighted by molar-refractivity contribution is -0.117. The van der Waals surface area contributed by atoms with Gasteiger partial charge in [-0.3, -0.25) is 4.79 Å². The molecule has 2 aromatic carbocycles. The molecule has 2 aromatic rings. The van der Waals surface area contributed by atoms with Crippen molar-refractivity contribution in [2.24, 2.45) is 5.92 Å². The predicted molar refractivity (Wildman–Crippen MR) is 94.7 cm³/mol. The minimum atomic E-state index is 0.126. The minimum absolute atomic E-state index is 0.126. The summed E-state index contributed by atoms with van der Waals surface area (Å²) in [4.78, 5) is 11.7. The Bertz CT molecular complexity index is 709. The van der Waals surface area contributed by atoms with E-state index in [-0.39, 0.29) is 11.8 Å². The maximum atomic E-state index is 11.7. The Hall–Kier alpha value is -2.69. The zero-order chi connectivity index (χ0) is 16.9. The average Bonchev–Trinajstić information content (AvgIpc) is 3.46. The van der Waals surface area contributed by atoms with Crippen LogP contribution in [0.25, 0.3) is 0 Å². The van der Waals surface area contributed by atoms with E-state index in [1.807, 2.05) is 42.5 Å². The quantitative estimate of drug-likeness (QED) is 0.815. The summed E-state index contributed by atoms with van der Waals surface area (Å²) in [5.41, 5.74) is 2.93. The van der Waals surface area contributed by atoms with E-state index >= 15 is 0 Å². The molecule has 1 aliphatic carbocycles. The van der Waals surface area contributed by atoms with Crippen LogP contribution < -0.4 is 20.1 Å². The molecule has 0 aliphatic heterocycles. The molecule has 1 saturated carbocycles. The van der Waals surface area contributed by atoms with Crippen LogP contribution in [0, 0.1) is 5.92 Å². The third-order valence-corrected chi connectivity index (χ3v) is 4.05. The van der Waals surface area contributed by atoms with Gasteiger partial charge in [0.2, 0.25) is 5.91 Å². The predicted octanol–water partition coefficient (Wildman–Crippen LogP) is 3.66. The van der Waals surface area contributed by atoms with Gasteiger partial charge in [-0.05, 0) is 54.8 Å². The first-order valence-electron chi connectivity index (χ1n) is 8.05. The van der Waals surface area contributed by atoms with Crippen LogP contribution in [-0.2, 0) is 11.3 Å². The highest BCUT2D eigenvalue weighted by molar-refractivity contribution is 5.94. The van der Waals surface area contributed by atoms with E-state index in [9.17, 15) is 4.79 Å². The number of benzene rings is 2. The van der Waals surface area contributed by atoms with Gasteiger partial charge < -0.3 is 20.1 Å². The van der Waals surface area contributed by atoms with E-state index in [1.54, 1.807) is 14.2 Å². The maximum Gasteiger partial charge on any atom is 0.227 e. The molecule has 0 heterocycles. The molecular weight excluding hydrogens is 304 g/mol. The summed E-state index contributed by atoms with van der Waals surface area (Å²) in [6, 6.07) is 13.6. The summed E-state index contributed by atoms with van der Waals surface area (Å²) in [6.45, 7) is 0.675. The molecule has 1 fully saturated rings. The van der Waals surface area contributed by atoms with Gasteiger partial charge in [0.15, 0.2) is 11.5 Å². The van der Waals surface area contributed by atoms with Crippen LogP contribution >= 0.6 is 0 Å². The molecular formula is C19H22N2O3. The van der Waals surface area contributed by atoms with E-state index in [0.717, 1.165) is 41.3 Å². The summed E-state index contributed by atoms with van der Waals surface area (Å²) in [7, 11) is 3.25. The third kappa shape index (κ3) is 3.98. The summed E-state index contributed by atoms with van der Waals surface area (Å²) < 4.78 is 10.6. The van der Waals surface area contributed by atoms with Crippen molar-refractivity contribution >= 4 is 17.3 Å². The number of amides is 1. The third-order valence-electron chi connectivity index (χ3n) is 4.05. The second kappa shape index (κ2) is 7.25. The monoisotopic (exact) mass is 326 g/mol. The lowest BCUT2D eigenvalue weighted by atomic mass is 10.2. The number of rotatable bonds is 7. The van der Waals surface area contributed by atoms with Gasteiger partial charge in [0.25, 0.3) is 0 Å². The second-order valence-electron chi connectivity index (χ2n) is 5.88. The first kappa shape index (κ1) is 16.2. The zero-order valence-electron chi connectivity index (χ0n) is 14.0. The largest absolute Gasteiger partial charge is 0.493 e. The smallest absolute Gasteiger partial charge is 0.227 e. The van der Waals surface area contributed by atoms with Crippen molar-refractivity contribution in [1.29, 1.82) is 0 Å². The number of ether oxygens (including phenoxy) is 2. The Labute approximate surface area is 142 Å². The fraction of sp³-hybridized carbons (Fsp3) is 0.316. The van der Waals surface area contributed by atoms with E-state index in [4.69, 9.17) is 9.47 Å². The maximum absolute atomic E-state index is 11.7. The molecule has 0 aromatic heterocycles. The zero-order valence-corrected chi connectivity index (χ0v) is 14.0. The fourth-order valence-corrected chi connectivity index (χ4v) is 2.46. The van der Waals surface area contributed by atoms with Crippen LogP contribution in [-0.4, -0.2) is 20.1 Å². The number of hydrogen-bond acceptors (Lipinski definition) is 4. The Morgan fingerprint density at radius 2 is 1.67 bits per heavy atom. The molecule has 1 aliphatic rings. The van der Waals surface area contributed by atoms with Crippen LogP contribution in [0.5, 0.6) is 11.5 Å². The van der Waals surface area contributed by atoms with Gasteiger partial charge in [0, 0.05) is 23.8 Å². The van der Waals surface area contributed by atoms with E-state index in [0.29, 0.717) is 6.54 Å². The number of methoxy groups -OCH3 is 2. The Balaban J connectivity index is 1.57. The van der Waals surface area contributed by atoms with Crippen LogP contribution in [0.3, 0.4) is 0 Å². The normalized spacial score (nSPS) is 13.2. The summed E-state index contributed by atoms with van der Waals surface area (Å²) in [5.74, 6) is 1.78. The fourth-order valence-electron chi connectivity index (χ4n) is 2.46. The molecule has 0 radical (unpaired) electrons. The number of nitrogens with one attached hydrogen (secondary N) is 2. The molecule has 2 N–H and O–H groups in total. The number of carbonyl (C=O) groups is 1. The molecule has 0 unspecified atom stereocenters. The van der Waals surface area contributed by atoms with Crippen molar-refractivity contribution in [3.63, 3.8) is 0 Å². The van der Waals surface area contributed by atoms with Gasteiger partial charge in [0.1, 0.15) is 0 Å². The molecule has 0 atom stereocenters. The average molecular weight is 326 g/mol. The van der Waals surface area contributed by atoms with Crippen LogP contribution in [0.2, 0.25) is 0 Å².